The van der Waals surface area contributed by atoms with Gasteiger partial charge in [-0.25, -0.2) is 0 Å². The van der Waals surface area contributed by atoms with Crippen LogP contribution in [-0.2, 0) is 9.47 Å². The molecule has 1 unspecified atom stereocenters. The Morgan fingerprint density at radius 1 is 0.444 bits per heavy atom. The molecule has 264 valence electrons. The van der Waals surface area contributed by atoms with Crippen LogP contribution in [-0.4, -0.2) is 32.5 Å². The highest BCUT2D eigenvalue weighted by molar-refractivity contribution is 4.93. The lowest BCUT2D eigenvalue weighted by Gasteiger charge is -2.18. The fourth-order valence-electron chi connectivity index (χ4n) is 5.48. The lowest BCUT2D eigenvalue weighted by atomic mass is 10.1. The summed E-state index contributed by atoms with van der Waals surface area (Å²) in [6, 6.07) is 0. The molecule has 0 aromatic rings. The Morgan fingerprint density at radius 2 is 0.867 bits per heavy atom. The third kappa shape index (κ3) is 38.9. The first-order valence-electron chi connectivity index (χ1n) is 19.8. The van der Waals surface area contributed by atoms with E-state index in [9.17, 15) is 0 Å². The van der Waals surface area contributed by atoms with Crippen LogP contribution >= 0.6 is 0 Å². The Kier molecular flexibility index (Phi) is 39.8. The molecular formula is C42H79NO2. The second-order valence-corrected chi connectivity index (χ2v) is 13.0. The van der Waals surface area contributed by atoms with Crippen molar-refractivity contribution in [2.24, 2.45) is 5.73 Å². The Bertz CT molecular complexity index is 653. The SMILES string of the molecule is CCCCC/C=C\C/C=C\CCCCCCCCOCC(CCCCN)OCCCCCCCC/C=C\C/C=C\CCCCC. The largest absolute Gasteiger partial charge is 0.379 e. The number of nitrogens with two attached hydrogens (primary N) is 1. The van der Waals surface area contributed by atoms with Crippen LogP contribution < -0.4 is 5.73 Å². The van der Waals surface area contributed by atoms with Crippen LogP contribution in [0.2, 0.25) is 0 Å². The minimum absolute atomic E-state index is 0.235. The van der Waals surface area contributed by atoms with E-state index in [0.29, 0.717) is 0 Å². The van der Waals surface area contributed by atoms with Crippen molar-refractivity contribution < 1.29 is 9.47 Å². The maximum atomic E-state index is 6.25. The Morgan fingerprint density at radius 3 is 1.33 bits per heavy atom. The fraction of sp³-hybridized carbons (Fsp3) is 0.810. The maximum absolute atomic E-state index is 6.25. The molecule has 3 heteroatoms. The molecule has 0 spiro atoms. The molecule has 0 saturated carbocycles. The summed E-state index contributed by atoms with van der Waals surface area (Å²) >= 11 is 0. The highest BCUT2D eigenvalue weighted by Gasteiger charge is 2.09. The Labute approximate surface area is 283 Å². The van der Waals surface area contributed by atoms with Crippen molar-refractivity contribution in [3.8, 4) is 0 Å². The molecule has 0 rings (SSSR count). The van der Waals surface area contributed by atoms with Gasteiger partial charge < -0.3 is 15.2 Å². The lowest BCUT2D eigenvalue weighted by molar-refractivity contribution is -0.0233. The normalized spacial score (nSPS) is 13.0. The van der Waals surface area contributed by atoms with Gasteiger partial charge in [0.15, 0.2) is 0 Å². The van der Waals surface area contributed by atoms with Crippen LogP contribution in [0.5, 0.6) is 0 Å². The van der Waals surface area contributed by atoms with Crippen molar-refractivity contribution in [3.63, 3.8) is 0 Å². The third-order valence-electron chi connectivity index (χ3n) is 8.47. The van der Waals surface area contributed by atoms with Crippen molar-refractivity contribution >= 4 is 0 Å². The lowest BCUT2D eigenvalue weighted by Crippen LogP contribution is -2.21. The molecule has 0 saturated heterocycles. The standard InChI is InChI=1S/C42H79NO2/c1-3-5-7-9-11-13-15-17-19-21-23-25-27-29-31-35-39-44-41-42(37-33-34-38-43)45-40-36-32-30-28-26-24-22-20-18-16-14-12-10-8-6-4-2/h11-14,17-20,42H,3-10,15-16,21-41,43H2,1-2H3/b13-11-,14-12-,19-17-,20-18-. The summed E-state index contributed by atoms with van der Waals surface area (Å²) in [6.07, 6.45) is 53.0. The van der Waals surface area contributed by atoms with E-state index in [1.807, 2.05) is 0 Å². The van der Waals surface area contributed by atoms with Crippen molar-refractivity contribution in [1.29, 1.82) is 0 Å². The van der Waals surface area contributed by atoms with Crippen LogP contribution in [0.1, 0.15) is 187 Å². The number of hydrogen-bond donors (Lipinski definition) is 1. The molecule has 0 fully saturated rings. The quantitative estimate of drug-likeness (QED) is 0.0549. The highest BCUT2D eigenvalue weighted by Crippen LogP contribution is 2.12. The molecule has 0 radical (unpaired) electrons. The third-order valence-corrected chi connectivity index (χ3v) is 8.47. The highest BCUT2D eigenvalue weighted by atomic mass is 16.5. The molecule has 2 N–H and O–H groups in total. The van der Waals surface area contributed by atoms with Gasteiger partial charge in [0, 0.05) is 13.2 Å². The molecular weight excluding hydrogens is 550 g/mol. The van der Waals surface area contributed by atoms with Crippen LogP contribution in [0.15, 0.2) is 48.6 Å². The van der Waals surface area contributed by atoms with Gasteiger partial charge in [0.2, 0.25) is 0 Å². The van der Waals surface area contributed by atoms with Crippen LogP contribution in [0, 0.1) is 0 Å². The van der Waals surface area contributed by atoms with E-state index >= 15 is 0 Å². The molecule has 0 aliphatic heterocycles. The van der Waals surface area contributed by atoms with Crippen LogP contribution in [0.3, 0.4) is 0 Å². The summed E-state index contributed by atoms with van der Waals surface area (Å²) in [5.41, 5.74) is 5.72. The van der Waals surface area contributed by atoms with Gasteiger partial charge in [-0.2, -0.15) is 0 Å². The predicted molar refractivity (Wildman–Crippen MR) is 202 cm³/mol. The van der Waals surface area contributed by atoms with Crippen molar-refractivity contribution in [2.45, 2.75) is 193 Å². The predicted octanol–water partition coefficient (Wildman–Crippen LogP) is 13.1. The fourth-order valence-corrected chi connectivity index (χ4v) is 5.48. The zero-order valence-corrected chi connectivity index (χ0v) is 30.5. The van der Waals surface area contributed by atoms with Crippen molar-refractivity contribution in [2.75, 3.05) is 26.4 Å². The first-order valence-corrected chi connectivity index (χ1v) is 19.8. The average Bonchev–Trinajstić information content (AvgIpc) is 3.05. The number of allylic oxidation sites excluding steroid dienone is 8. The van der Waals surface area contributed by atoms with Gasteiger partial charge in [0.1, 0.15) is 0 Å². The van der Waals surface area contributed by atoms with Gasteiger partial charge in [-0.15, -0.1) is 0 Å². The molecule has 0 aliphatic rings. The second-order valence-electron chi connectivity index (χ2n) is 13.0. The summed E-state index contributed by atoms with van der Waals surface area (Å²) in [6.45, 7) is 7.78. The Balaban J connectivity index is 3.64. The first-order chi connectivity index (χ1) is 22.3. The van der Waals surface area contributed by atoms with E-state index in [-0.39, 0.29) is 6.10 Å². The number of unbranched alkanes of at least 4 members (excludes halogenated alkanes) is 19. The molecule has 0 aromatic carbocycles. The molecule has 3 nitrogen and oxygen atoms in total. The van der Waals surface area contributed by atoms with Gasteiger partial charge in [-0.05, 0) is 103 Å². The first kappa shape index (κ1) is 43.8. The molecule has 0 bridgehead atoms. The monoisotopic (exact) mass is 630 g/mol. The average molecular weight is 630 g/mol. The van der Waals surface area contributed by atoms with E-state index in [1.165, 1.54) is 141 Å². The molecule has 0 heterocycles. The van der Waals surface area contributed by atoms with E-state index in [0.717, 1.165) is 58.5 Å². The van der Waals surface area contributed by atoms with E-state index in [4.69, 9.17) is 15.2 Å². The number of ether oxygens (including phenoxy) is 2. The summed E-state index contributed by atoms with van der Waals surface area (Å²) in [4.78, 5) is 0. The van der Waals surface area contributed by atoms with Crippen LogP contribution in [0.25, 0.3) is 0 Å². The Hall–Kier alpha value is -1.16. The number of hydrogen-bond acceptors (Lipinski definition) is 3. The van der Waals surface area contributed by atoms with E-state index in [1.54, 1.807) is 0 Å². The van der Waals surface area contributed by atoms with Gasteiger partial charge >= 0.3 is 0 Å². The zero-order valence-electron chi connectivity index (χ0n) is 30.5. The van der Waals surface area contributed by atoms with Gasteiger partial charge in [-0.1, -0.05) is 140 Å². The summed E-state index contributed by atoms with van der Waals surface area (Å²) < 4.78 is 12.3. The summed E-state index contributed by atoms with van der Waals surface area (Å²) in [5.74, 6) is 0. The molecule has 0 aliphatic carbocycles. The maximum Gasteiger partial charge on any atom is 0.0808 e. The summed E-state index contributed by atoms with van der Waals surface area (Å²) in [5, 5.41) is 0. The minimum atomic E-state index is 0.235. The van der Waals surface area contributed by atoms with Crippen molar-refractivity contribution in [1.82, 2.24) is 0 Å². The molecule has 0 aromatic heterocycles. The summed E-state index contributed by atoms with van der Waals surface area (Å²) in [7, 11) is 0. The minimum Gasteiger partial charge on any atom is -0.379 e. The molecule has 0 amide bonds. The molecule has 45 heavy (non-hydrogen) atoms. The van der Waals surface area contributed by atoms with Crippen LogP contribution in [0.4, 0.5) is 0 Å². The molecule has 1 atom stereocenters. The van der Waals surface area contributed by atoms with Crippen molar-refractivity contribution in [3.05, 3.63) is 48.6 Å². The van der Waals surface area contributed by atoms with Gasteiger partial charge in [0.05, 0.1) is 12.7 Å². The smallest absolute Gasteiger partial charge is 0.0808 e. The number of rotatable bonds is 37. The van der Waals surface area contributed by atoms with Gasteiger partial charge in [-0.3, -0.25) is 0 Å². The van der Waals surface area contributed by atoms with E-state index in [2.05, 4.69) is 62.5 Å². The van der Waals surface area contributed by atoms with E-state index < -0.39 is 0 Å². The topological polar surface area (TPSA) is 44.5 Å². The zero-order chi connectivity index (χ0) is 32.6. The van der Waals surface area contributed by atoms with Gasteiger partial charge in [0.25, 0.3) is 0 Å². The second kappa shape index (κ2) is 40.9.